The minimum atomic E-state index is -0.402. The van der Waals surface area contributed by atoms with Crippen LogP contribution in [0.25, 0.3) is 0 Å². The van der Waals surface area contributed by atoms with Crippen LogP contribution < -0.4 is 21.9 Å². The van der Waals surface area contributed by atoms with Gasteiger partial charge in [0.15, 0.2) is 0 Å². The van der Waals surface area contributed by atoms with E-state index in [1.165, 1.54) is 23.4 Å². The van der Waals surface area contributed by atoms with Crippen LogP contribution in [0.15, 0.2) is 9.59 Å². The smallest absolute Gasteiger partial charge is 0.332 e. The van der Waals surface area contributed by atoms with Crippen LogP contribution in [0.4, 0.5) is 11.5 Å². The molecule has 2 atom stereocenters. The topological polar surface area (TPSA) is 94.4 Å². The summed E-state index contributed by atoms with van der Waals surface area (Å²) in [5.74, 6) is 0.153. The molecular formula is C13H20N4O4S. The van der Waals surface area contributed by atoms with Gasteiger partial charge in [0, 0.05) is 14.1 Å². The van der Waals surface area contributed by atoms with Gasteiger partial charge in [-0.05, 0) is 13.3 Å². The number of rotatable bonds is 5. The fourth-order valence-corrected chi connectivity index (χ4v) is 3.29. The van der Waals surface area contributed by atoms with E-state index in [0.29, 0.717) is 24.5 Å². The summed E-state index contributed by atoms with van der Waals surface area (Å²) in [7, 11) is 3.02. The Labute approximate surface area is 131 Å². The van der Waals surface area contributed by atoms with Crippen LogP contribution in [-0.4, -0.2) is 32.5 Å². The van der Waals surface area contributed by atoms with Crippen molar-refractivity contribution in [2.75, 3.05) is 17.2 Å². The molecule has 0 aliphatic carbocycles. The molecular weight excluding hydrogens is 308 g/mol. The van der Waals surface area contributed by atoms with Crippen LogP contribution in [-0.2, 0) is 23.6 Å². The summed E-state index contributed by atoms with van der Waals surface area (Å²) in [6, 6.07) is 0. The van der Waals surface area contributed by atoms with Crippen molar-refractivity contribution in [1.82, 2.24) is 9.13 Å². The van der Waals surface area contributed by atoms with E-state index >= 15 is 0 Å². The van der Waals surface area contributed by atoms with Gasteiger partial charge < -0.3 is 15.4 Å². The standard InChI is InChI=1S/C13H20N4O4S/c1-5-7(11(19)21-6-2)22-12-14-8-9(15-12)16(3)13(20)17(4)10(8)18/h7,12,14-15H,5-6H2,1-4H3. The lowest BCUT2D eigenvalue weighted by Crippen LogP contribution is -2.37. The van der Waals surface area contributed by atoms with Crippen LogP contribution in [0.3, 0.4) is 0 Å². The van der Waals surface area contributed by atoms with E-state index in [0.717, 1.165) is 4.57 Å². The highest BCUT2D eigenvalue weighted by Gasteiger charge is 2.31. The van der Waals surface area contributed by atoms with Gasteiger partial charge in [-0.3, -0.25) is 18.7 Å². The number of ether oxygens (including phenoxy) is 1. The molecule has 0 saturated carbocycles. The third-order valence-corrected chi connectivity index (χ3v) is 4.79. The number of nitrogens with zero attached hydrogens (tertiary/aromatic N) is 2. The third kappa shape index (κ3) is 2.85. The van der Waals surface area contributed by atoms with Crippen molar-refractivity contribution in [3.05, 3.63) is 20.8 Å². The molecule has 0 radical (unpaired) electrons. The molecule has 0 fully saturated rings. The second-order valence-corrected chi connectivity index (χ2v) is 6.20. The number of anilines is 2. The van der Waals surface area contributed by atoms with Gasteiger partial charge in [-0.25, -0.2) is 4.79 Å². The van der Waals surface area contributed by atoms with Gasteiger partial charge in [0.2, 0.25) is 0 Å². The van der Waals surface area contributed by atoms with Crippen molar-refractivity contribution in [2.45, 2.75) is 31.0 Å². The fourth-order valence-electron chi connectivity index (χ4n) is 2.22. The van der Waals surface area contributed by atoms with Crippen LogP contribution >= 0.6 is 11.8 Å². The van der Waals surface area contributed by atoms with E-state index in [4.69, 9.17) is 4.74 Å². The minimum absolute atomic E-state index is 0.281. The molecule has 22 heavy (non-hydrogen) atoms. The molecule has 2 heterocycles. The number of hydrogen-bond acceptors (Lipinski definition) is 7. The first-order valence-electron chi connectivity index (χ1n) is 7.05. The van der Waals surface area contributed by atoms with E-state index in [1.807, 2.05) is 6.92 Å². The molecule has 0 bridgehead atoms. The molecule has 2 rings (SSSR count). The van der Waals surface area contributed by atoms with Crippen LogP contribution in [0, 0.1) is 0 Å². The van der Waals surface area contributed by atoms with Crippen molar-refractivity contribution >= 4 is 29.2 Å². The average molecular weight is 328 g/mol. The van der Waals surface area contributed by atoms with Crippen LogP contribution in [0.5, 0.6) is 0 Å². The van der Waals surface area contributed by atoms with E-state index < -0.39 is 11.2 Å². The molecule has 2 unspecified atom stereocenters. The lowest BCUT2D eigenvalue weighted by molar-refractivity contribution is -0.142. The Hall–Kier alpha value is -1.90. The number of carbonyl (C=O) groups is 1. The molecule has 1 aliphatic rings. The van der Waals surface area contributed by atoms with Crippen molar-refractivity contribution in [3.8, 4) is 0 Å². The van der Waals surface area contributed by atoms with E-state index in [2.05, 4.69) is 10.6 Å². The lowest BCUT2D eigenvalue weighted by atomic mass is 10.3. The van der Waals surface area contributed by atoms with E-state index in [-0.39, 0.29) is 16.7 Å². The van der Waals surface area contributed by atoms with Gasteiger partial charge in [-0.15, -0.1) is 11.8 Å². The van der Waals surface area contributed by atoms with Crippen molar-refractivity contribution in [2.24, 2.45) is 14.1 Å². The van der Waals surface area contributed by atoms with Crippen molar-refractivity contribution in [3.63, 3.8) is 0 Å². The Kier molecular flexibility index (Phi) is 4.84. The molecule has 0 amide bonds. The molecule has 0 aromatic carbocycles. The molecule has 2 N–H and O–H groups in total. The van der Waals surface area contributed by atoms with Gasteiger partial charge in [0.1, 0.15) is 22.3 Å². The summed E-state index contributed by atoms with van der Waals surface area (Å²) in [6.45, 7) is 3.98. The summed E-state index contributed by atoms with van der Waals surface area (Å²) in [4.78, 5) is 35.9. The molecule has 0 saturated heterocycles. The summed E-state index contributed by atoms with van der Waals surface area (Å²) in [5, 5.41) is 5.74. The number of nitrogens with one attached hydrogen (secondary N) is 2. The number of hydrogen-bond donors (Lipinski definition) is 2. The van der Waals surface area contributed by atoms with Gasteiger partial charge in [0.05, 0.1) is 6.61 Å². The van der Waals surface area contributed by atoms with Crippen molar-refractivity contribution in [1.29, 1.82) is 0 Å². The number of esters is 1. The lowest BCUT2D eigenvalue weighted by Gasteiger charge is -2.18. The molecule has 1 aliphatic heterocycles. The quantitative estimate of drug-likeness (QED) is 0.750. The van der Waals surface area contributed by atoms with Crippen molar-refractivity contribution < 1.29 is 9.53 Å². The fraction of sp³-hybridized carbons (Fsp3) is 0.615. The summed E-state index contributed by atoms with van der Waals surface area (Å²) < 4.78 is 7.45. The second kappa shape index (κ2) is 6.47. The Morgan fingerprint density at radius 2 is 1.95 bits per heavy atom. The first-order valence-corrected chi connectivity index (χ1v) is 8.00. The maximum absolute atomic E-state index is 12.1. The predicted molar refractivity (Wildman–Crippen MR) is 86.3 cm³/mol. The molecule has 9 heteroatoms. The molecule has 0 spiro atoms. The highest BCUT2D eigenvalue weighted by Crippen LogP contribution is 2.31. The Morgan fingerprint density at radius 3 is 2.55 bits per heavy atom. The average Bonchev–Trinajstić information content (AvgIpc) is 2.92. The van der Waals surface area contributed by atoms with Gasteiger partial charge in [0.25, 0.3) is 5.56 Å². The maximum atomic E-state index is 12.1. The summed E-state index contributed by atoms with van der Waals surface area (Å²) >= 11 is 1.33. The Balaban J connectivity index is 2.21. The van der Waals surface area contributed by atoms with Crippen LogP contribution in [0.1, 0.15) is 20.3 Å². The van der Waals surface area contributed by atoms with E-state index in [9.17, 15) is 14.4 Å². The summed E-state index contributed by atoms with van der Waals surface area (Å²) in [6.07, 6.45) is 0.608. The predicted octanol–water partition coefficient (Wildman–Crippen LogP) is 0.280. The highest BCUT2D eigenvalue weighted by atomic mass is 32.2. The normalized spacial score (nSPS) is 17.4. The Morgan fingerprint density at radius 1 is 1.27 bits per heavy atom. The zero-order valence-corrected chi connectivity index (χ0v) is 13.8. The first kappa shape index (κ1) is 16.5. The number of fused-ring (bicyclic) bond motifs is 1. The molecule has 122 valence electrons. The largest absolute Gasteiger partial charge is 0.465 e. The minimum Gasteiger partial charge on any atom is -0.465 e. The summed E-state index contributed by atoms with van der Waals surface area (Å²) in [5.41, 5.74) is -0.829. The Bertz CT molecular complexity index is 697. The first-order chi connectivity index (χ1) is 10.4. The third-order valence-electron chi connectivity index (χ3n) is 3.43. The zero-order chi connectivity index (χ0) is 16.4. The van der Waals surface area contributed by atoms with E-state index in [1.54, 1.807) is 14.0 Å². The number of aromatic nitrogens is 2. The second-order valence-electron chi connectivity index (χ2n) is 4.88. The molecule has 1 aromatic rings. The molecule has 8 nitrogen and oxygen atoms in total. The van der Waals surface area contributed by atoms with Gasteiger partial charge >= 0.3 is 11.7 Å². The highest BCUT2D eigenvalue weighted by molar-refractivity contribution is 8.01. The van der Waals surface area contributed by atoms with Gasteiger partial charge in [-0.2, -0.15) is 0 Å². The SMILES string of the molecule is CCOC(=O)C(CC)SC1Nc2c(n(C)c(=O)n(C)c2=O)N1. The zero-order valence-electron chi connectivity index (χ0n) is 13.0. The maximum Gasteiger partial charge on any atom is 0.332 e. The van der Waals surface area contributed by atoms with Crippen LogP contribution in [0.2, 0.25) is 0 Å². The molecule has 1 aromatic heterocycles. The number of carbonyl (C=O) groups excluding carboxylic acids is 1. The monoisotopic (exact) mass is 328 g/mol. The number of thioether (sulfide) groups is 1. The van der Waals surface area contributed by atoms with Gasteiger partial charge in [-0.1, -0.05) is 6.92 Å².